The summed E-state index contributed by atoms with van der Waals surface area (Å²) in [6.07, 6.45) is -0.292. The maximum Gasteiger partial charge on any atom is 0.126 e. The summed E-state index contributed by atoms with van der Waals surface area (Å²) in [5.74, 6) is -0.185. The van der Waals surface area contributed by atoms with Crippen molar-refractivity contribution in [2.75, 3.05) is 13.2 Å². The molecule has 2 atom stereocenters. The van der Waals surface area contributed by atoms with Crippen LogP contribution in [0.3, 0.4) is 0 Å². The number of aliphatic hydroxyl groups excluding tert-OH is 1. The van der Waals surface area contributed by atoms with Crippen molar-refractivity contribution in [2.24, 2.45) is 0 Å². The van der Waals surface area contributed by atoms with Crippen LogP contribution in [0.4, 0.5) is 4.39 Å². The standard InChI is InChI=1S/C29H36FNO2/c1-20-9-8-10-23(15-20)27-12-7-6-11-26(27)22(3)33-19-25(32)18-31-29(4,5)17-24-14-13-21(2)16-28(24)30/h6-16,22,25,31-32H,17-19H2,1-5H3/t22?,25-/m1/s1. The third kappa shape index (κ3) is 7.23. The molecule has 0 fully saturated rings. The van der Waals surface area contributed by atoms with Gasteiger partial charge in [-0.2, -0.15) is 0 Å². The third-order valence-electron chi connectivity index (χ3n) is 5.92. The lowest BCUT2D eigenvalue weighted by molar-refractivity contribution is -0.00398. The molecular weight excluding hydrogens is 413 g/mol. The van der Waals surface area contributed by atoms with E-state index >= 15 is 0 Å². The summed E-state index contributed by atoms with van der Waals surface area (Å²) in [4.78, 5) is 0. The van der Waals surface area contributed by atoms with Crippen LogP contribution >= 0.6 is 0 Å². The van der Waals surface area contributed by atoms with E-state index < -0.39 is 6.10 Å². The molecule has 0 saturated heterocycles. The van der Waals surface area contributed by atoms with Crippen LogP contribution < -0.4 is 5.32 Å². The van der Waals surface area contributed by atoms with Crippen LogP contribution in [0, 0.1) is 19.7 Å². The Hall–Kier alpha value is -2.53. The number of aryl methyl sites for hydroxylation is 2. The smallest absolute Gasteiger partial charge is 0.126 e. The Labute approximate surface area is 197 Å². The highest BCUT2D eigenvalue weighted by molar-refractivity contribution is 5.68. The summed E-state index contributed by atoms with van der Waals surface area (Å²) in [7, 11) is 0. The quantitative estimate of drug-likeness (QED) is 0.390. The lowest BCUT2D eigenvalue weighted by Crippen LogP contribution is -2.46. The SMILES string of the molecule is Cc1cccc(-c2ccccc2C(C)OC[C@H](O)CNC(C)(C)Cc2ccc(C)cc2F)c1. The molecule has 2 N–H and O–H groups in total. The molecule has 0 aliphatic carbocycles. The molecule has 33 heavy (non-hydrogen) atoms. The predicted octanol–water partition coefficient (Wildman–Crippen LogP) is 6.16. The molecule has 0 bridgehead atoms. The van der Waals surface area contributed by atoms with E-state index in [1.54, 1.807) is 6.07 Å². The van der Waals surface area contributed by atoms with Gasteiger partial charge in [0.2, 0.25) is 0 Å². The van der Waals surface area contributed by atoms with E-state index in [4.69, 9.17) is 4.74 Å². The number of hydrogen-bond acceptors (Lipinski definition) is 3. The maximum absolute atomic E-state index is 14.2. The average molecular weight is 450 g/mol. The van der Waals surface area contributed by atoms with Crippen molar-refractivity contribution in [3.8, 4) is 11.1 Å². The molecular formula is C29H36FNO2. The number of halogens is 1. The van der Waals surface area contributed by atoms with E-state index in [0.717, 1.165) is 22.3 Å². The van der Waals surface area contributed by atoms with E-state index in [9.17, 15) is 9.50 Å². The molecule has 0 aliphatic rings. The van der Waals surface area contributed by atoms with Gasteiger partial charge in [0.25, 0.3) is 0 Å². The Balaban J connectivity index is 1.55. The van der Waals surface area contributed by atoms with Crippen molar-refractivity contribution in [2.45, 2.75) is 58.8 Å². The van der Waals surface area contributed by atoms with Gasteiger partial charge in [0.1, 0.15) is 5.82 Å². The maximum atomic E-state index is 14.2. The van der Waals surface area contributed by atoms with Gasteiger partial charge in [0.15, 0.2) is 0 Å². The van der Waals surface area contributed by atoms with Gasteiger partial charge in [-0.25, -0.2) is 4.39 Å². The Kier molecular flexibility index (Phi) is 8.41. The van der Waals surface area contributed by atoms with E-state index in [0.29, 0.717) is 18.5 Å². The van der Waals surface area contributed by atoms with Crippen molar-refractivity contribution in [3.05, 3.63) is 94.8 Å². The predicted molar refractivity (Wildman–Crippen MR) is 134 cm³/mol. The van der Waals surface area contributed by atoms with Crippen LogP contribution in [0.1, 0.15) is 49.1 Å². The van der Waals surface area contributed by atoms with Crippen molar-refractivity contribution in [1.82, 2.24) is 5.32 Å². The van der Waals surface area contributed by atoms with Crippen molar-refractivity contribution >= 4 is 0 Å². The zero-order chi connectivity index (χ0) is 24.0. The molecule has 1 unspecified atom stereocenters. The summed E-state index contributed by atoms with van der Waals surface area (Å²) in [5.41, 5.74) is 5.83. The normalized spacial score (nSPS) is 13.7. The fraction of sp³-hybridized carbons (Fsp3) is 0.379. The summed E-state index contributed by atoms with van der Waals surface area (Å²) < 4.78 is 20.3. The van der Waals surface area contributed by atoms with Gasteiger partial charge in [-0.1, -0.05) is 66.2 Å². The van der Waals surface area contributed by atoms with Crippen molar-refractivity contribution in [1.29, 1.82) is 0 Å². The molecule has 0 amide bonds. The van der Waals surface area contributed by atoms with E-state index in [-0.39, 0.29) is 24.1 Å². The first-order valence-corrected chi connectivity index (χ1v) is 11.6. The summed E-state index contributed by atoms with van der Waals surface area (Å²) >= 11 is 0. The zero-order valence-corrected chi connectivity index (χ0v) is 20.4. The molecule has 0 spiro atoms. The summed E-state index contributed by atoms with van der Waals surface area (Å²) in [6, 6.07) is 22.0. The first kappa shape index (κ1) is 25.1. The minimum absolute atomic E-state index is 0.161. The second-order valence-corrected chi connectivity index (χ2v) is 9.62. The van der Waals surface area contributed by atoms with Gasteiger partial charge < -0.3 is 15.2 Å². The third-order valence-corrected chi connectivity index (χ3v) is 5.92. The second-order valence-electron chi connectivity index (χ2n) is 9.62. The molecule has 4 heteroatoms. The minimum atomic E-state index is -0.666. The molecule has 3 aromatic carbocycles. The Bertz CT molecular complexity index is 1060. The molecule has 176 valence electrons. The van der Waals surface area contributed by atoms with Crippen LogP contribution in [0.25, 0.3) is 11.1 Å². The van der Waals surface area contributed by atoms with Gasteiger partial charge in [0, 0.05) is 12.1 Å². The highest BCUT2D eigenvalue weighted by Crippen LogP contribution is 2.30. The average Bonchev–Trinajstić information content (AvgIpc) is 2.78. The van der Waals surface area contributed by atoms with E-state index in [2.05, 4.69) is 48.6 Å². The van der Waals surface area contributed by atoms with Crippen molar-refractivity contribution in [3.63, 3.8) is 0 Å². The lowest BCUT2D eigenvalue weighted by Gasteiger charge is -2.28. The molecule has 3 aromatic rings. The first-order chi connectivity index (χ1) is 15.6. The zero-order valence-electron chi connectivity index (χ0n) is 20.4. The summed E-state index contributed by atoms with van der Waals surface area (Å²) in [6.45, 7) is 10.6. The lowest BCUT2D eigenvalue weighted by atomic mass is 9.94. The fourth-order valence-corrected chi connectivity index (χ4v) is 4.06. The monoisotopic (exact) mass is 449 g/mol. The minimum Gasteiger partial charge on any atom is -0.389 e. The topological polar surface area (TPSA) is 41.5 Å². The van der Waals surface area contributed by atoms with Crippen LogP contribution in [-0.2, 0) is 11.2 Å². The van der Waals surface area contributed by atoms with Gasteiger partial charge >= 0.3 is 0 Å². The molecule has 0 aromatic heterocycles. The highest BCUT2D eigenvalue weighted by atomic mass is 19.1. The van der Waals surface area contributed by atoms with Gasteiger partial charge in [-0.05, 0) is 74.9 Å². The first-order valence-electron chi connectivity index (χ1n) is 11.6. The van der Waals surface area contributed by atoms with Crippen LogP contribution in [-0.4, -0.2) is 29.9 Å². The number of aliphatic hydroxyl groups is 1. The van der Waals surface area contributed by atoms with Crippen molar-refractivity contribution < 1.29 is 14.2 Å². The van der Waals surface area contributed by atoms with Gasteiger partial charge in [0.05, 0.1) is 18.8 Å². The molecule has 0 radical (unpaired) electrons. The Morgan fingerprint density at radius 3 is 2.42 bits per heavy atom. The Morgan fingerprint density at radius 1 is 0.970 bits per heavy atom. The largest absolute Gasteiger partial charge is 0.389 e. The fourth-order valence-electron chi connectivity index (χ4n) is 4.06. The molecule has 0 heterocycles. The van der Waals surface area contributed by atoms with E-state index in [1.807, 2.05) is 52.0 Å². The number of ether oxygens (including phenoxy) is 1. The van der Waals surface area contributed by atoms with Gasteiger partial charge in [-0.3, -0.25) is 0 Å². The van der Waals surface area contributed by atoms with E-state index in [1.165, 1.54) is 5.56 Å². The van der Waals surface area contributed by atoms with Crippen LogP contribution in [0.5, 0.6) is 0 Å². The van der Waals surface area contributed by atoms with Crippen LogP contribution in [0.15, 0.2) is 66.7 Å². The number of rotatable bonds is 10. The number of β-amino-alcohol motifs (C(OH)–C–C–N with tert-alkyl or cyclic N) is 1. The second kappa shape index (κ2) is 11.1. The van der Waals surface area contributed by atoms with Crippen LogP contribution in [0.2, 0.25) is 0 Å². The molecule has 3 nitrogen and oxygen atoms in total. The summed E-state index contributed by atoms with van der Waals surface area (Å²) in [5, 5.41) is 13.9. The number of nitrogens with one attached hydrogen (secondary N) is 1. The number of benzene rings is 3. The van der Waals surface area contributed by atoms with Gasteiger partial charge in [-0.15, -0.1) is 0 Å². The Morgan fingerprint density at radius 2 is 1.70 bits per heavy atom. The molecule has 0 saturated carbocycles. The highest BCUT2D eigenvalue weighted by Gasteiger charge is 2.22. The molecule has 3 rings (SSSR count). The number of hydrogen-bond donors (Lipinski definition) is 2. The molecule has 0 aliphatic heterocycles.